The van der Waals surface area contributed by atoms with E-state index in [-0.39, 0.29) is 24.0 Å². The number of carbonyl (C=O) groups is 2. The molecule has 1 aromatic heterocycles. The van der Waals surface area contributed by atoms with Crippen LogP contribution in [0, 0.1) is 10.1 Å². The fourth-order valence-electron chi connectivity index (χ4n) is 3.97. The Hall–Kier alpha value is -4.11. The van der Waals surface area contributed by atoms with Crippen molar-refractivity contribution < 1.29 is 14.5 Å². The first kappa shape index (κ1) is 22.1. The highest BCUT2D eigenvalue weighted by Gasteiger charge is 2.26. The average Bonchev–Trinajstić information content (AvgIpc) is 2.84. The van der Waals surface area contributed by atoms with E-state index in [9.17, 15) is 19.7 Å². The molecule has 0 aliphatic carbocycles. The Bertz CT molecular complexity index is 1170. The van der Waals surface area contributed by atoms with E-state index >= 15 is 0 Å². The van der Waals surface area contributed by atoms with E-state index in [4.69, 9.17) is 0 Å². The second kappa shape index (κ2) is 10.0. The van der Waals surface area contributed by atoms with Crippen LogP contribution in [0.15, 0.2) is 73.1 Å². The largest absolute Gasteiger partial charge is 0.346 e. The summed E-state index contributed by atoms with van der Waals surface area (Å²) in [6.45, 7) is 1.76. The van der Waals surface area contributed by atoms with Gasteiger partial charge >= 0.3 is 11.8 Å². The van der Waals surface area contributed by atoms with E-state index < -0.39 is 16.7 Å². The Morgan fingerprint density at radius 2 is 1.88 bits per heavy atom. The summed E-state index contributed by atoms with van der Waals surface area (Å²) in [5.41, 5.74) is 3.51. The summed E-state index contributed by atoms with van der Waals surface area (Å²) in [7, 11) is 0. The predicted octanol–water partition coefficient (Wildman–Crippen LogP) is 2.84. The van der Waals surface area contributed by atoms with Gasteiger partial charge in [0.05, 0.1) is 11.0 Å². The summed E-state index contributed by atoms with van der Waals surface area (Å²) >= 11 is 0. The molecule has 0 fully saturated rings. The van der Waals surface area contributed by atoms with Crippen LogP contribution in [-0.4, -0.2) is 39.7 Å². The van der Waals surface area contributed by atoms with Crippen LogP contribution in [0.3, 0.4) is 0 Å². The highest BCUT2D eigenvalue weighted by atomic mass is 16.6. The molecule has 4 rings (SSSR count). The van der Waals surface area contributed by atoms with Crippen molar-refractivity contribution in [2.75, 3.05) is 18.4 Å². The average molecular weight is 445 g/mol. The van der Waals surface area contributed by atoms with Crippen molar-refractivity contribution in [1.29, 1.82) is 0 Å². The smallest absolute Gasteiger partial charge is 0.313 e. The summed E-state index contributed by atoms with van der Waals surface area (Å²) in [5, 5.41) is 16.0. The van der Waals surface area contributed by atoms with E-state index in [1.807, 2.05) is 24.3 Å². The number of pyridine rings is 1. The molecule has 2 N–H and O–H groups in total. The Balaban J connectivity index is 1.44. The van der Waals surface area contributed by atoms with Gasteiger partial charge in [0.25, 0.3) is 5.69 Å². The molecule has 0 bridgehead atoms. The number of non-ortho nitro benzene ring substituents is 1. The Morgan fingerprint density at radius 1 is 1.06 bits per heavy atom. The first-order valence-electron chi connectivity index (χ1n) is 10.6. The van der Waals surface area contributed by atoms with E-state index in [1.165, 1.54) is 35.4 Å². The van der Waals surface area contributed by atoms with Gasteiger partial charge < -0.3 is 10.6 Å². The number of aromatic nitrogens is 1. The van der Waals surface area contributed by atoms with Gasteiger partial charge in [-0.25, -0.2) is 0 Å². The van der Waals surface area contributed by atoms with Crippen LogP contribution in [0.4, 0.5) is 11.4 Å². The van der Waals surface area contributed by atoms with Gasteiger partial charge in [-0.1, -0.05) is 36.4 Å². The maximum absolute atomic E-state index is 12.5. The molecule has 2 amide bonds. The zero-order valence-electron chi connectivity index (χ0n) is 17.8. The lowest BCUT2D eigenvalue weighted by Gasteiger charge is -2.35. The molecule has 1 aliphatic heterocycles. The Kier molecular flexibility index (Phi) is 6.70. The first-order valence-corrected chi connectivity index (χ1v) is 10.6. The number of benzene rings is 2. The van der Waals surface area contributed by atoms with Crippen LogP contribution in [0.1, 0.15) is 22.7 Å². The second-order valence-electron chi connectivity index (χ2n) is 7.76. The van der Waals surface area contributed by atoms with Crippen molar-refractivity contribution in [2.24, 2.45) is 0 Å². The third-order valence-electron chi connectivity index (χ3n) is 5.65. The summed E-state index contributed by atoms with van der Waals surface area (Å²) in [6, 6.07) is 17.4. The summed E-state index contributed by atoms with van der Waals surface area (Å²) < 4.78 is 0. The number of fused-ring (bicyclic) bond motifs is 1. The Labute approximate surface area is 190 Å². The van der Waals surface area contributed by atoms with Crippen molar-refractivity contribution in [1.82, 2.24) is 15.2 Å². The van der Waals surface area contributed by atoms with Crippen molar-refractivity contribution >= 4 is 23.2 Å². The zero-order chi connectivity index (χ0) is 23.2. The van der Waals surface area contributed by atoms with Crippen LogP contribution in [-0.2, 0) is 22.6 Å². The van der Waals surface area contributed by atoms with Crippen molar-refractivity contribution in [3.8, 4) is 0 Å². The van der Waals surface area contributed by atoms with Crippen LogP contribution >= 0.6 is 0 Å². The maximum Gasteiger partial charge on any atom is 0.313 e. The molecule has 2 heterocycles. The van der Waals surface area contributed by atoms with Gasteiger partial charge in [0.15, 0.2) is 0 Å². The van der Waals surface area contributed by atoms with Crippen LogP contribution in [0.5, 0.6) is 0 Å². The summed E-state index contributed by atoms with van der Waals surface area (Å²) in [5.74, 6) is -1.70. The number of nitrogens with zero attached hydrogens (tertiary/aromatic N) is 3. The lowest BCUT2D eigenvalue weighted by molar-refractivity contribution is -0.384. The van der Waals surface area contributed by atoms with Crippen LogP contribution in [0.2, 0.25) is 0 Å². The van der Waals surface area contributed by atoms with Crippen molar-refractivity contribution in [3.63, 3.8) is 0 Å². The lowest BCUT2D eigenvalue weighted by Crippen LogP contribution is -2.43. The minimum Gasteiger partial charge on any atom is -0.346 e. The molecule has 0 saturated heterocycles. The minimum absolute atomic E-state index is 0.165. The highest BCUT2D eigenvalue weighted by Crippen LogP contribution is 2.27. The molecular formula is C24H23N5O4. The number of nitrogens with one attached hydrogen (secondary N) is 2. The molecule has 0 saturated carbocycles. The number of anilines is 1. The molecule has 33 heavy (non-hydrogen) atoms. The summed E-state index contributed by atoms with van der Waals surface area (Å²) in [6.07, 6.45) is 4.35. The fourth-order valence-corrected chi connectivity index (χ4v) is 3.97. The summed E-state index contributed by atoms with van der Waals surface area (Å²) in [4.78, 5) is 41.7. The van der Waals surface area contributed by atoms with Gasteiger partial charge in [-0.05, 0) is 35.2 Å². The molecule has 168 valence electrons. The predicted molar refractivity (Wildman–Crippen MR) is 122 cm³/mol. The monoisotopic (exact) mass is 445 g/mol. The van der Waals surface area contributed by atoms with Gasteiger partial charge in [0.2, 0.25) is 0 Å². The van der Waals surface area contributed by atoms with E-state index in [1.54, 1.807) is 12.4 Å². The molecule has 1 atom stereocenters. The van der Waals surface area contributed by atoms with Gasteiger partial charge in [-0.2, -0.15) is 0 Å². The zero-order valence-corrected chi connectivity index (χ0v) is 17.8. The maximum atomic E-state index is 12.5. The molecule has 1 aliphatic rings. The number of nitro groups is 1. The number of hydrogen-bond donors (Lipinski definition) is 2. The van der Waals surface area contributed by atoms with Gasteiger partial charge in [0.1, 0.15) is 0 Å². The molecule has 9 nitrogen and oxygen atoms in total. The normalized spacial score (nSPS) is 14.1. The van der Waals surface area contributed by atoms with Crippen molar-refractivity contribution in [2.45, 2.75) is 19.0 Å². The molecule has 0 radical (unpaired) electrons. The van der Waals surface area contributed by atoms with Crippen molar-refractivity contribution in [3.05, 3.63) is 99.9 Å². The third-order valence-corrected chi connectivity index (χ3v) is 5.65. The molecular weight excluding hydrogens is 422 g/mol. The van der Waals surface area contributed by atoms with E-state index in [0.717, 1.165) is 25.1 Å². The molecule has 0 unspecified atom stereocenters. The van der Waals surface area contributed by atoms with E-state index in [0.29, 0.717) is 0 Å². The molecule has 2 aromatic carbocycles. The number of nitro benzene ring substituents is 1. The van der Waals surface area contributed by atoms with Gasteiger partial charge in [-0.3, -0.25) is 29.6 Å². The van der Waals surface area contributed by atoms with Gasteiger partial charge in [-0.15, -0.1) is 0 Å². The minimum atomic E-state index is -0.885. The SMILES string of the molecule is O=C(NC[C@@H](c1cccnc1)N1CCc2ccccc2C1)C(=O)Nc1cccc([N+](=O)[O-])c1. The number of rotatable bonds is 6. The fraction of sp³-hybridized carbons (Fsp3) is 0.208. The van der Waals surface area contributed by atoms with Crippen LogP contribution < -0.4 is 10.6 Å². The number of hydrogen-bond acceptors (Lipinski definition) is 6. The Morgan fingerprint density at radius 3 is 2.64 bits per heavy atom. The number of carbonyl (C=O) groups excluding carboxylic acids is 2. The quantitative estimate of drug-likeness (QED) is 0.342. The molecule has 0 spiro atoms. The molecule has 9 heteroatoms. The topological polar surface area (TPSA) is 117 Å². The first-order chi connectivity index (χ1) is 16.0. The second-order valence-corrected chi connectivity index (χ2v) is 7.76. The van der Waals surface area contributed by atoms with Gasteiger partial charge in [0, 0.05) is 49.8 Å². The lowest BCUT2D eigenvalue weighted by atomic mass is 9.97. The molecule has 3 aromatic rings. The number of amides is 2. The van der Waals surface area contributed by atoms with Crippen LogP contribution in [0.25, 0.3) is 0 Å². The third kappa shape index (κ3) is 5.39. The van der Waals surface area contributed by atoms with E-state index in [2.05, 4.69) is 32.7 Å². The standard InChI is InChI=1S/C24H23N5O4/c30-23(24(31)27-20-8-3-9-21(13-20)29(32)33)26-15-22(18-7-4-11-25-14-18)28-12-10-17-5-1-2-6-19(17)16-28/h1-9,11,13-14,22H,10,12,15-16H2,(H,26,30)(H,27,31)/t22-/m0/s1. The highest BCUT2D eigenvalue weighted by molar-refractivity contribution is 6.39.